The molecule has 0 amide bonds. The molecule has 0 bridgehead atoms. The number of hydrogen-bond donors (Lipinski definition) is 0. The van der Waals surface area contributed by atoms with Crippen molar-refractivity contribution in [2.75, 3.05) is 31.1 Å². The molecule has 5 rings (SSSR count). The van der Waals surface area contributed by atoms with E-state index in [2.05, 4.69) is 9.88 Å². The number of ether oxygens (including phenoxy) is 1. The zero-order valence-electron chi connectivity index (χ0n) is 16.2. The largest absolute Gasteiger partial charge is 0.455 e. The number of thiazole rings is 1. The molecule has 156 valence electrons. The summed E-state index contributed by atoms with van der Waals surface area (Å²) >= 11 is 1.63. The maximum atomic E-state index is 12.6. The molecule has 2 saturated heterocycles. The molecular weight excluding hydrogens is 422 g/mol. The zero-order valence-corrected chi connectivity index (χ0v) is 17.9. The second-order valence-electron chi connectivity index (χ2n) is 7.53. The molecule has 2 aliphatic heterocycles. The third-order valence-electron chi connectivity index (χ3n) is 5.47. The Morgan fingerprint density at radius 3 is 2.43 bits per heavy atom. The minimum Gasteiger partial charge on any atom is -0.455 e. The van der Waals surface area contributed by atoms with E-state index in [0.29, 0.717) is 31.7 Å². The van der Waals surface area contributed by atoms with Crippen LogP contribution in [0.4, 0.5) is 5.13 Å². The summed E-state index contributed by atoms with van der Waals surface area (Å²) in [5.74, 6) is -0.436. The number of rotatable bonds is 5. The van der Waals surface area contributed by atoms with E-state index in [0.717, 1.165) is 28.2 Å². The molecule has 0 aliphatic carbocycles. The molecule has 0 N–H and O–H groups in total. The summed E-state index contributed by atoms with van der Waals surface area (Å²) in [6.07, 6.45) is 1.58. The number of carbonyl (C=O) groups excluding carboxylic acids is 1. The van der Waals surface area contributed by atoms with Crippen molar-refractivity contribution in [3.63, 3.8) is 0 Å². The van der Waals surface area contributed by atoms with Crippen LogP contribution in [0.5, 0.6) is 0 Å². The Balaban J connectivity index is 1.19. The molecule has 0 unspecified atom stereocenters. The van der Waals surface area contributed by atoms with Crippen LogP contribution >= 0.6 is 11.3 Å². The molecular formula is C21H21N3O4S2. The lowest BCUT2D eigenvalue weighted by molar-refractivity contribution is 0.0234. The number of benzene rings is 2. The first kappa shape index (κ1) is 19.5. The molecule has 2 aliphatic rings. The Hall–Kier alpha value is -2.49. The number of aromatic nitrogens is 1. The van der Waals surface area contributed by atoms with E-state index >= 15 is 0 Å². The normalized spacial score (nSPS) is 17.9. The van der Waals surface area contributed by atoms with Gasteiger partial charge in [0.15, 0.2) is 5.13 Å². The number of anilines is 1. The first-order valence-corrected chi connectivity index (χ1v) is 12.2. The van der Waals surface area contributed by atoms with Gasteiger partial charge in [-0.05, 0) is 49.2 Å². The zero-order chi connectivity index (χ0) is 20.7. The molecule has 7 nitrogen and oxygen atoms in total. The first-order chi connectivity index (χ1) is 14.5. The van der Waals surface area contributed by atoms with Crippen LogP contribution in [-0.4, -0.2) is 56.0 Å². The van der Waals surface area contributed by atoms with Gasteiger partial charge < -0.3 is 9.64 Å². The van der Waals surface area contributed by atoms with Crippen LogP contribution in [0.1, 0.15) is 23.2 Å². The molecule has 30 heavy (non-hydrogen) atoms. The fourth-order valence-corrected chi connectivity index (χ4v) is 6.22. The van der Waals surface area contributed by atoms with Gasteiger partial charge in [0, 0.05) is 13.1 Å². The van der Waals surface area contributed by atoms with Crippen LogP contribution in [0.3, 0.4) is 0 Å². The van der Waals surface area contributed by atoms with Gasteiger partial charge in [0.05, 0.1) is 33.8 Å². The van der Waals surface area contributed by atoms with Crippen LogP contribution < -0.4 is 4.90 Å². The van der Waals surface area contributed by atoms with Crippen molar-refractivity contribution < 1.29 is 17.9 Å². The van der Waals surface area contributed by atoms with Gasteiger partial charge in [-0.25, -0.2) is 18.2 Å². The topological polar surface area (TPSA) is 79.8 Å². The Morgan fingerprint density at radius 2 is 1.73 bits per heavy atom. The lowest BCUT2D eigenvalue weighted by Gasteiger charge is -2.38. The standard InChI is InChI=1S/C21H21N3O4S2/c25-20(15-7-9-17(10-8-15)30(26,27)24-11-3-4-12-24)28-16-13-23(14-16)21-22-18-5-1-2-6-19(18)29-21/h1-2,5-10,16H,3-4,11-14H2. The van der Waals surface area contributed by atoms with E-state index in [9.17, 15) is 13.2 Å². The average Bonchev–Trinajstić information content (AvgIpc) is 3.40. The summed E-state index contributed by atoms with van der Waals surface area (Å²) in [4.78, 5) is 19.4. The van der Waals surface area contributed by atoms with Crippen molar-refractivity contribution in [1.29, 1.82) is 0 Å². The van der Waals surface area contributed by atoms with E-state index < -0.39 is 16.0 Å². The van der Waals surface area contributed by atoms with Gasteiger partial charge in [0.25, 0.3) is 0 Å². The highest BCUT2D eigenvalue weighted by atomic mass is 32.2. The van der Waals surface area contributed by atoms with E-state index in [4.69, 9.17) is 4.74 Å². The maximum absolute atomic E-state index is 12.6. The Morgan fingerprint density at radius 1 is 1.03 bits per heavy atom. The molecule has 1 aromatic heterocycles. The van der Waals surface area contributed by atoms with E-state index in [1.54, 1.807) is 11.3 Å². The Kier molecular flexibility index (Phi) is 4.96. The van der Waals surface area contributed by atoms with Crippen LogP contribution in [0.2, 0.25) is 0 Å². The average molecular weight is 444 g/mol. The summed E-state index contributed by atoms with van der Waals surface area (Å²) in [6, 6.07) is 14.0. The predicted molar refractivity (Wildman–Crippen MR) is 115 cm³/mol. The van der Waals surface area contributed by atoms with Gasteiger partial charge in [-0.1, -0.05) is 23.5 Å². The highest BCUT2D eigenvalue weighted by molar-refractivity contribution is 7.89. The molecule has 0 saturated carbocycles. The van der Waals surface area contributed by atoms with Crippen LogP contribution in [0.25, 0.3) is 10.2 Å². The third-order valence-corrected chi connectivity index (χ3v) is 8.48. The number of nitrogens with zero attached hydrogens (tertiary/aromatic N) is 3. The molecule has 3 aromatic rings. The maximum Gasteiger partial charge on any atom is 0.338 e. The first-order valence-electron chi connectivity index (χ1n) is 9.92. The van der Waals surface area contributed by atoms with Crippen molar-refractivity contribution in [2.24, 2.45) is 0 Å². The summed E-state index contributed by atoms with van der Waals surface area (Å²) in [6.45, 7) is 2.32. The second-order valence-corrected chi connectivity index (χ2v) is 10.5. The molecule has 0 atom stereocenters. The van der Waals surface area contributed by atoms with Crippen molar-refractivity contribution in [2.45, 2.75) is 23.8 Å². The predicted octanol–water partition coefficient (Wildman–Crippen LogP) is 3.13. The molecule has 9 heteroatoms. The fraction of sp³-hybridized carbons (Fsp3) is 0.333. The molecule has 2 aromatic carbocycles. The van der Waals surface area contributed by atoms with Gasteiger partial charge >= 0.3 is 5.97 Å². The number of esters is 1. The lowest BCUT2D eigenvalue weighted by atomic mass is 10.2. The van der Waals surface area contributed by atoms with Gasteiger partial charge in [-0.15, -0.1) is 0 Å². The number of hydrogen-bond acceptors (Lipinski definition) is 7. The number of para-hydroxylation sites is 1. The summed E-state index contributed by atoms with van der Waals surface area (Å²) < 4.78 is 33.4. The van der Waals surface area contributed by atoms with E-state index in [1.165, 1.54) is 28.6 Å². The number of carbonyl (C=O) groups is 1. The van der Waals surface area contributed by atoms with Gasteiger partial charge in [-0.2, -0.15) is 4.31 Å². The van der Waals surface area contributed by atoms with Gasteiger partial charge in [0.1, 0.15) is 6.10 Å². The lowest BCUT2D eigenvalue weighted by Crippen LogP contribution is -2.53. The third kappa shape index (κ3) is 3.57. The molecule has 0 radical (unpaired) electrons. The van der Waals surface area contributed by atoms with Crippen molar-refractivity contribution in [1.82, 2.24) is 9.29 Å². The van der Waals surface area contributed by atoms with Gasteiger partial charge in [0.2, 0.25) is 10.0 Å². The van der Waals surface area contributed by atoms with E-state index in [1.807, 2.05) is 24.3 Å². The minimum absolute atomic E-state index is 0.197. The smallest absolute Gasteiger partial charge is 0.338 e. The number of sulfonamides is 1. The molecule has 3 heterocycles. The second kappa shape index (κ2) is 7.64. The molecule has 0 spiro atoms. The highest BCUT2D eigenvalue weighted by Gasteiger charge is 2.33. The van der Waals surface area contributed by atoms with Crippen molar-refractivity contribution in [3.8, 4) is 0 Å². The Labute approximate surface area is 178 Å². The van der Waals surface area contributed by atoms with Crippen LogP contribution in [0, 0.1) is 0 Å². The summed E-state index contributed by atoms with van der Waals surface area (Å²) in [5.41, 5.74) is 1.33. The SMILES string of the molecule is O=C(OC1CN(c2nc3ccccc3s2)C1)c1ccc(S(=O)(=O)N2CCCC2)cc1. The van der Waals surface area contributed by atoms with Gasteiger partial charge in [-0.3, -0.25) is 0 Å². The van der Waals surface area contributed by atoms with E-state index in [-0.39, 0.29) is 11.0 Å². The van der Waals surface area contributed by atoms with Crippen LogP contribution in [0.15, 0.2) is 53.4 Å². The fourth-order valence-electron chi connectivity index (χ4n) is 3.72. The van der Waals surface area contributed by atoms with Crippen LogP contribution in [-0.2, 0) is 14.8 Å². The Bertz CT molecular complexity index is 1150. The van der Waals surface area contributed by atoms with Crippen molar-refractivity contribution >= 4 is 42.7 Å². The quantitative estimate of drug-likeness (QED) is 0.564. The number of fused-ring (bicyclic) bond motifs is 1. The summed E-state index contributed by atoms with van der Waals surface area (Å²) in [5, 5.41) is 0.931. The summed E-state index contributed by atoms with van der Waals surface area (Å²) in [7, 11) is -3.48. The molecule has 2 fully saturated rings. The van der Waals surface area contributed by atoms with Crippen molar-refractivity contribution in [3.05, 3.63) is 54.1 Å². The highest BCUT2D eigenvalue weighted by Crippen LogP contribution is 2.32. The minimum atomic E-state index is -3.48. The monoisotopic (exact) mass is 443 g/mol.